The van der Waals surface area contributed by atoms with Gasteiger partial charge in [0.15, 0.2) is 5.75 Å². The number of hydrogen-bond donors (Lipinski definition) is 0. The third-order valence-electron chi connectivity index (χ3n) is 2.75. The van der Waals surface area contributed by atoms with Crippen LogP contribution >= 0.6 is 15.9 Å². The molecule has 0 aliphatic carbocycles. The van der Waals surface area contributed by atoms with Gasteiger partial charge in [-0.3, -0.25) is 10.1 Å². The maximum atomic E-state index is 11.0. The molecule has 5 nitrogen and oxygen atoms in total. The number of alkyl halides is 1. The fourth-order valence-electron chi connectivity index (χ4n) is 1.71. The van der Waals surface area contributed by atoms with Gasteiger partial charge in [-0.25, -0.2) is 0 Å². The van der Waals surface area contributed by atoms with Crippen LogP contribution in [-0.4, -0.2) is 24.0 Å². The van der Waals surface area contributed by atoms with Gasteiger partial charge in [0.1, 0.15) is 5.75 Å². The summed E-state index contributed by atoms with van der Waals surface area (Å²) < 4.78 is 10.6. The van der Waals surface area contributed by atoms with Crippen molar-refractivity contribution in [1.29, 1.82) is 0 Å². The fraction of sp³-hybridized carbons (Fsp3) is 0.538. The first-order valence-corrected chi connectivity index (χ1v) is 7.25. The van der Waals surface area contributed by atoms with Crippen LogP contribution in [0.15, 0.2) is 18.2 Å². The number of nitro benzene ring substituents is 1. The summed E-state index contributed by atoms with van der Waals surface area (Å²) in [7, 11) is 1.47. The van der Waals surface area contributed by atoms with Crippen molar-refractivity contribution < 1.29 is 14.4 Å². The topological polar surface area (TPSA) is 61.6 Å². The summed E-state index contributed by atoms with van der Waals surface area (Å²) >= 11 is 3.43. The Morgan fingerprint density at radius 1 is 1.47 bits per heavy atom. The molecule has 0 bridgehead atoms. The van der Waals surface area contributed by atoms with Gasteiger partial charge in [-0.15, -0.1) is 0 Å². The summed E-state index contributed by atoms with van der Waals surface area (Å²) in [5.74, 6) is 1.09. The Morgan fingerprint density at radius 3 is 2.74 bits per heavy atom. The largest absolute Gasteiger partial charge is 0.496 e. The van der Waals surface area contributed by atoms with Gasteiger partial charge in [0.05, 0.1) is 24.7 Å². The minimum absolute atomic E-state index is 0.0656. The van der Waals surface area contributed by atoms with E-state index in [1.807, 2.05) is 0 Å². The molecule has 1 aromatic rings. The van der Waals surface area contributed by atoms with E-state index in [0.29, 0.717) is 18.3 Å². The first-order valence-electron chi connectivity index (χ1n) is 6.13. The Hall–Kier alpha value is -1.30. The van der Waals surface area contributed by atoms with Gasteiger partial charge in [-0.2, -0.15) is 0 Å². The number of benzene rings is 1. The average Bonchev–Trinajstić information content (AvgIpc) is 2.43. The molecule has 0 aromatic heterocycles. The van der Waals surface area contributed by atoms with E-state index in [1.165, 1.54) is 13.2 Å². The summed E-state index contributed by atoms with van der Waals surface area (Å²) in [5, 5.41) is 11.8. The molecule has 0 aliphatic heterocycles. The number of methoxy groups -OCH3 is 1. The van der Waals surface area contributed by atoms with E-state index in [1.54, 1.807) is 12.1 Å². The van der Waals surface area contributed by atoms with Gasteiger partial charge in [-0.1, -0.05) is 29.3 Å². The van der Waals surface area contributed by atoms with Crippen LogP contribution in [0.5, 0.6) is 11.5 Å². The predicted octanol–water partition coefficient (Wildman–Crippen LogP) is 3.79. The van der Waals surface area contributed by atoms with E-state index in [9.17, 15) is 10.1 Å². The third kappa shape index (κ3) is 4.70. The van der Waals surface area contributed by atoms with Crippen LogP contribution in [0.1, 0.15) is 19.8 Å². The molecule has 0 amide bonds. The molecule has 0 N–H and O–H groups in total. The van der Waals surface area contributed by atoms with E-state index in [0.717, 1.165) is 18.2 Å². The van der Waals surface area contributed by atoms with Crippen LogP contribution in [0.3, 0.4) is 0 Å². The van der Waals surface area contributed by atoms with E-state index in [-0.39, 0.29) is 11.4 Å². The average molecular weight is 332 g/mol. The molecule has 0 spiro atoms. The zero-order chi connectivity index (χ0) is 14.3. The summed E-state index contributed by atoms with van der Waals surface area (Å²) in [6, 6.07) is 4.61. The monoisotopic (exact) mass is 331 g/mol. The van der Waals surface area contributed by atoms with Crippen molar-refractivity contribution in [2.75, 3.05) is 19.0 Å². The second kappa shape index (κ2) is 7.99. The SMILES string of the molecule is CCCC(CBr)COc1ccc(OC)cc1[N+](=O)[O-]. The van der Waals surface area contributed by atoms with Crippen LogP contribution < -0.4 is 9.47 Å². The maximum absolute atomic E-state index is 11.0. The van der Waals surface area contributed by atoms with Gasteiger partial charge >= 0.3 is 5.69 Å². The minimum atomic E-state index is -0.458. The molecule has 0 saturated heterocycles. The van der Waals surface area contributed by atoms with Crippen molar-refractivity contribution in [1.82, 2.24) is 0 Å². The number of nitrogens with zero attached hydrogens (tertiary/aromatic N) is 1. The van der Waals surface area contributed by atoms with Gasteiger partial charge in [0.2, 0.25) is 0 Å². The van der Waals surface area contributed by atoms with Crippen LogP contribution in [0.25, 0.3) is 0 Å². The Balaban J connectivity index is 2.79. The smallest absolute Gasteiger partial charge is 0.314 e. The fourth-order valence-corrected chi connectivity index (χ4v) is 2.22. The normalized spacial score (nSPS) is 11.9. The summed E-state index contributed by atoms with van der Waals surface area (Å²) in [6.07, 6.45) is 2.08. The maximum Gasteiger partial charge on any atom is 0.314 e. The zero-order valence-corrected chi connectivity index (χ0v) is 12.7. The van der Waals surface area contributed by atoms with Crippen LogP contribution in [0.4, 0.5) is 5.69 Å². The molecule has 1 atom stereocenters. The van der Waals surface area contributed by atoms with Gasteiger partial charge in [0, 0.05) is 11.2 Å². The standard InChI is InChI=1S/C13H18BrNO4/c1-3-4-10(8-14)9-19-13-6-5-11(18-2)7-12(13)15(16)17/h5-7,10H,3-4,8-9H2,1-2H3. The molecule has 0 fully saturated rings. The van der Waals surface area contributed by atoms with Crippen molar-refractivity contribution in [2.45, 2.75) is 19.8 Å². The summed E-state index contributed by atoms with van der Waals surface area (Å²) in [4.78, 5) is 10.5. The third-order valence-corrected chi connectivity index (χ3v) is 3.67. The summed E-state index contributed by atoms with van der Waals surface area (Å²) in [5.41, 5.74) is -0.0656. The van der Waals surface area contributed by atoms with Crippen LogP contribution in [0.2, 0.25) is 0 Å². The molecule has 0 saturated carbocycles. The van der Waals surface area contributed by atoms with Crippen molar-refractivity contribution in [3.05, 3.63) is 28.3 Å². The molecule has 1 rings (SSSR count). The second-order valence-electron chi connectivity index (χ2n) is 4.21. The zero-order valence-electron chi connectivity index (χ0n) is 11.1. The molecule has 0 aliphatic rings. The van der Waals surface area contributed by atoms with E-state index >= 15 is 0 Å². The van der Waals surface area contributed by atoms with Gasteiger partial charge < -0.3 is 9.47 Å². The lowest BCUT2D eigenvalue weighted by atomic mass is 10.1. The molecule has 1 unspecified atom stereocenters. The number of nitro groups is 1. The highest BCUT2D eigenvalue weighted by Crippen LogP contribution is 2.31. The Labute approximate surface area is 121 Å². The highest BCUT2D eigenvalue weighted by molar-refractivity contribution is 9.09. The number of ether oxygens (including phenoxy) is 2. The lowest BCUT2D eigenvalue weighted by Crippen LogP contribution is -2.13. The summed E-state index contributed by atoms with van der Waals surface area (Å²) in [6.45, 7) is 2.57. The van der Waals surface area contributed by atoms with E-state index in [4.69, 9.17) is 9.47 Å². The van der Waals surface area contributed by atoms with E-state index < -0.39 is 4.92 Å². The predicted molar refractivity (Wildman–Crippen MR) is 77.3 cm³/mol. The van der Waals surface area contributed by atoms with Crippen LogP contribution in [0, 0.1) is 16.0 Å². The Morgan fingerprint density at radius 2 is 2.21 bits per heavy atom. The van der Waals surface area contributed by atoms with Crippen LogP contribution in [-0.2, 0) is 0 Å². The molecule has 19 heavy (non-hydrogen) atoms. The lowest BCUT2D eigenvalue weighted by molar-refractivity contribution is -0.386. The van der Waals surface area contributed by atoms with E-state index in [2.05, 4.69) is 22.9 Å². The first-order chi connectivity index (χ1) is 9.12. The van der Waals surface area contributed by atoms with Gasteiger partial charge in [-0.05, 0) is 18.6 Å². The number of rotatable bonds is 8. The van der Waals surface area contributed by atoms with Crippen molar-refractivity contribution in [2.24, 2.45) is 5.92 Å². The molecule has 106 valence electrons. The molecule has 0 radical (unpaired) electrons. The Bertz CT molecular complexity index is 425. The highest BCUT2D eigenvalue weighted by Gasteiger charge is 2.17. The lowest BCUT2D eigenvalue weighted by Gasteiger charge is -2.14. The molecule has 0 heterocycles. The molecule has 1 aromatic carbocycles. The first kappa shape index (κ1) is 15.8. The van der Waals surface area contributed by atoms with Gasteiger partial charge in [0.25, 0.3) is 0 Å². The second-order valence-corrected chi connectivity index (χ2v) is 4.86. The molecule has 6 heteroatoms. The van der Waals surface area contributed by atoms with Crippen molar-refractivity contribution in [3.63, 3.8) is 0 Å². The highest BCUT2D eigenvalue weighted by atomic mass is 79.9. The number of halogens is 1. The van der Waals surface area contributed by atoms with Crippen molar-refractivity contribution >= 4 is 21.6 Å². The van der Waals surface area contributed by atoms with Crippen molar-refractivity contribution in [3.8, 4) is 11.5 Å². The molecular weight excluding hydrogens is 314 g/mol. The Kier molecular flexibility index (Phi) is 6.62. The quantitative estimate of drug-likeness (QED) is 0.413. The number of hydrogen-bond acceptors (Lipinski definition) is 4. The molecular formula is C13H18BrNO4. The minimum Gasteiger partial charge on any atom is -0.496 e.